The molecule has 25 heavy (non-hydrogen) atoms. The Morgan fingerprint density at radius 3 is 2.80 bits per heavy atom. The van der Waals surface area contributed by atoms with Crippen LogP contribution in [0.25, 0.3) is 0 Å². The summed E-state index contributed by atoms with van der Waals surface area (Å²) in [6.07, 6.45) is 1.60. The van der Waals surface area contributed by atoms with Crippen molar-refractivity contribution < 1.29 is 14.6 Å². The third kappa shape index (κ3) is 5.06. The fourth-order valence-corrected chi connectivity index (χ4v) is 2.78. The van der Waals surface area contributed by atoms with Crippen LogP contribution in [0.15, 0.2) is 53.2 Å². The molecule has 0 fully saturated rings. The number of benzene rings is 1. The Balaban J connectivity index is 2.34. The van der Waals surface area contributed by atoms with Crippen LogP contribution in [-0.2, 0) is 6.54 Å². The van der Waals surface area contributed by atoms with Crippen LogP contribution >= 0.6 is 15.9 Å². The Kier molecular flexibility index (Phi) is 6.58. The summed E-state index contributed by atoms with van der Waals surface area (Å²) in [6, 6.07) is 8.97. The van der Waals surface area contributed by atoms with Crippen molar-refractivity contribution in [3.05, 3.63) is 64.3 Å². The first-order valence-corrected chi connectivity index (χ1v) is 8.70. The molecule has 0 spiro atoms. The first-order chi connectivity index (χ1) is 11.9. The quantitative estimate of drug-likeness (QED) is 0.655. The van der Waals surface area contributed by atoms with Crippen molar-refractivity contribution in [2.75, 3.05) is 18.1 Å². The van der Waals surface area contributed by atoms with E-state index < -0.39 is 5.97 Å². The highest BCUT2D eigenvalue weighted by atomic mass is 79.9. The second-order valence-electron chi connectivity index (χ2n) is 5.69. The van der Waals surface area contributed by atoms with E-state index in [1.807, 2.05) is 36.9 Å². The molecule has 1 aromatic carbocycles. The smallest absolute Gasteiger partial charge is 0.339 e. The number of pyridine rings is 1. The van der Waals surface area contributed by atoms with Crippen molar-refractivity contribution in [3.8, 4) is 5.75 Å². The minimum Gasteiger partial charge on any atom is -0.489 e. The number of carboxylic acid groups (broad SMARTS) is 1. The van der Waals surface area contributed by atoms with Crippen LogP contribution in [0, 0.1) is 0 Å². The molecule has 2 aromatic rings. The van der Waals surface area contributed by atoms with E-state index in [0.717, 1.165) is 21.4 Å². The van der Waals surface area contributed by atoms with Gasteiger partial charge in [-0.3, -0.25) is 0 Å². The van der Waals surface area contributed by atoms with Gasteiger partial charge >= 0.3 is 5.97 Å². The largest absolute Gasteiger partial charge is 0.489 e. The molecule has 6 heteroatoms. The van der Waals surface area contributed by atoms with E-state index in [1.54, 1.807) is 18.3 Å². The highest BCUT2D eigenvalue weighted by Gasteiger charge is 2.18. The second kappa shape index (κ2) is 8.67. The molecule has 0 aliphatic carbocycles. The lowest BCUT2D eigenvalue weighted by Gasteiger charge is -2.24. The van der Waals surface area contributed by atoms with Gasteiger partial charge in [0.05, 0.1) is 0 Å². The number of anilines is 1. The average molecular weight is 405 g/mol. The molecular formula is C19H21BrN2O3. The Morgan fingerprint density at radius 1 is 1.40 bits per heavy atom. The summed E-state index contributed by atoms with van der Waals surface area (Å²) in [5, 5.41) is 9.41. The Labute approximate surface area is 156 Å². The van der Waals surface area contributed by atoms with Gasteiger partial charge in [-0.15, -0.1) is 0 Å². The molecule has 0 amide bonds. The molecule has 0 unspecified atom stereocenters. The SMILES string of the molecule is C=C(C)COc1ccc(Br)cc1CN(CC)c1ncccc1C(=O)O. The Morgan fingerprint density at radius 2 is 2.16 bits per heavy atom. The summed E-state index contributed by atoms with van der Waals surface area (Å²) in [4.78, 5) is 17.7. The third-order valence-electron chi connectivity index (χ3n) is 3.56. The monoisotopic (exact) mass is 404 g/mol. The molecule has 0 atom stereocenters. The fourth-order valence-electron chi connectivity index (χ4n) is 2.37. The van der Waals surface area contributed by atoms with Gasteiger partial charge in [-0.1, -0.05) is 22.5 Å². The van der Waals surface area contributed by atoms with Gasteiger partial charge in [0.1, 0.15) is 23.7 Å². The molecule has 0 saturated carbocycles. The lowest BCUT2D eigenvalue weighted by Crippen LogP contribution is -2.25. The normalized spacial score (nSPS) is 10.4. The van der Waals surface area contributed by atoms with E-state index in [1.165, 1.54) is 0 Å². The van der Waals surface area contributed by atoms with Crippen LogP contribution in [0.5, 0.6) is 5.75 Å². The lowest BCUT2D eigenvalue weighted by molar-refractivity contribution is 0.0697. The number of hydrogen-bond donors (Lipinski definition) is 1. The standard InChI is InChI=1S/C19H21BrN2O3/c1-4-22(18-16(19(23)24)6-5-9-21-18)11-14-10-15(20)7-8-17(14)25-12-13(2)3/h5-10H,2,4,11-12H2,1,3H3,(H,23,24). The molecule has 132 valence electrons. The maximum atomic E-state index is 11.5. The molecule has 0 radical (unpaired) electrons. The maximum Gasteiger partial charge on any atom is 0.339 e. The first-order valence-electron chi connectivity index (χ1n) is 7.91. The van der Waals surface area contributed by atoms with Crippen molar-refractivity contribution in [3.63, 3.8) is 0 Å². The molecule has 0 aliphatic rings. The van der Waals surface area contributed by atoms with Crippen molar-refractivity contribution in [2.24, 2.45) is 0 Å². The van der Waals surface area contributed by atoms with Crippen LogP contribution in [0.2, 0.25) is 0 Å². The van der Waals surface area contributed by atoms with Gasteiger partial charge in [0.25, 0.3) is 0 Å². The molecule has 2 rings (SSSR count). The third-order valence-corrected chi connectivity index (χ3v) is 4.05. The topological polar surface area (TPSA) is 62.7 Å². The van der Waals surface area contributed by atoms with Gasteiger partial charge in [-0.05, 0) is 49.8 Å². The number of halogens is 1. The summed E-state index contributed by atoms with van der Waals surface area (Å²) >= 11 is 3.48. The molecule has 1 aromatic heterocycles. The number of rotatable bonds is 8. The summed E-state index contributed by atoms with van der Waals surface area (Å²) in [5.41, 5.74) is 2.06. The van der Waals surface area contributed by atoms with Crippen molar-refractivity contribution in [1.29, 1.82) is 0 Å². The number of carboxylic acids is 1. The van der Waals surface area contributed by atoms with Gasteiger partial charge in [0.15, 0.2) is 0 Å². The minimum absolute atomic E-state index is 0.184. The number of nitrogens with zero attached hydrogens (tertiary/aromatic N) is 2. The zero-order chi connectivity index (χ0) is 18.4. The van der Waals surface area contributed by atoms with Crippen molar-refractivity contribution in [1.82, 2.24) is 4.98 Å². The van der Waals surface area contributed by atoms with E-state index in [4.69, 9.17) is 4.74 Å². The summed E-state index contributed by atoms with van der Waals surface area (Å²) in [7, 11) is 0. The van der Waals surface area contributed by atoms with Crippen molar-refractivity contribution >= 4 is 27.7 Å². The first kappa shape index (κ1) is 19.0. The van der Waals surface area contributed by atoms with Gasteiger partial charge in [0.2, 0.25) is 0 Å². The van der Waals surface area contributed by atoms with Gasteiger partial charge in [-0.25, -0.2) is 9.78 Å². The van der Waals surface area contributed by atoms with Crippen LogP contribution in [0.3, 0.4) is 0 Å². The number of hydrogen-bond acceptors (Lipinski definition) is 4. The van der Waals surface area contributed by atoms with Gasteiger partial charge in [-0.2, -0.15) is 0 Å². The highest BCUT2D eigenvalue weighted by molar-refractivity contribution is 9.10. The number of aromatic carboxylic acids is 1. The van der Waals surface area contributed by atoms with E-state index in [0.29, 0.717) is 25.5 Å². The predicted molar refractivity (Wildman–Crippen MR) is 102 cm³/mol. The van der Waals surface area contributed by atoms with E-state index in [9.17, 15) is 9.90 Å². The molecular weight excluding hydrogens is 384 g/mol. The maximum absolute atomic E-state index is 11.5. The average Bonchev–Trinajstić information content (AvgIpc) is 2.58. The van der Waals surface area contributed by atoms with E-state index in [2.05, 4.69) is 27.5 Å². The van der Waals surface area contributed by atoms with Crippen LogP contribution in [0.1, 0.15) is 29.8 Å². The molecule has 0 aliphatic heterocycles. The molecule has 5 nitrogen and oxygen atoms in total. The highest BCUT2D eigenvalue weighted by Crippen LogP contribution is 2.27. The van der Waals surface area contributed by atoms with Crippen molar-refractivity contribution in [2.45, 2.75) is 20.4 Å². The van der Waals surface area contributed by atoms with E-state index >= 15 is 0 Å². The number of aromatic nitrogens is 1. The molecule has 0 saturated heterocycles. The lowest BCUT2D eigenvalue weighted by atomic mass is 10.1. The predicted octanol–water partition coefficient (Wildman–Crippen LogP) is 4.52. The Hall–Kier alpha value is -2.34. The Bertz CT molecular complexity index is 777. The summed E-state index contributed by atoms with van der Waals surface area (Å²) in [6.45, 7) is 9.26. The summed E-state index contributed by atoms with van der Waals surface area (Å²) in [5.74, 6) is 0.204. The number of ether oxygens (including phenoxy) is 1. The zero-order valence-corrected chi connectivity index (χ0v) is 15.9. The fraction of sp³-hybridized carbons (Fsp3) is 0.263. The second-order valence-corrected chi connectivity index (χ2v) is 6.61. The van der Waals surface area contributed by atoms with Crippen LogP contribution in [0.4, 0.5) is 5.82 Å². The van der Waals surface area contributed by atoms with Gasteiger partial charge < -0.3 is 14.7 Å². The van der Waals surface area contributed by atoms with E-state index in [-0.39, 0.29) is 5.56 Å². The van der Waals surface area contributed by atoms with Crippen LogP contribution in [-0.4, -0.2) is 29.2 Å². The minimum atomic E-state index is -0.991. The van der Waals surface area contributed by atoms with Gasteiger partial charge in [0, 0.05) is 29.3 Å². The summed E-state index contributed by atoms with van der Waals surface area (Å²) < 4.78 is 6.76. The molecule has 0 bridgehead atoms. The zero-order valence-electron chi connectivity index (χ0n) is 14.3. The molecule has 1 heterocycles. The van der Waals surface area contributed by atoms with Crippen LogP contribution < -0.4 is 9.64 Å². The molecule has 1 N–H and O–H groups in total. The number of carbonyl (C=O) groups is 1.